The zero-order valence-electron chi connectivity index (χ0n) is 20.2. The molecule has 0 atom stereocenters. The molecule has 158 valence electrons. The third-order valence-electron chi connectivity index (χ3n) is 6.38. The lowest BCUT2D eigenvalue weighted by Crippen LogP contribution is -2.21. The van der Waals surface area contributed by atoms with Crippen LogP contribution in [-0.4, -0.2) is 5.75 Å². The molecule has 0 N–H and O–H groups in total. The van der Waals surface area contributed by atoms with Gasteiger partial charge in [0, 0.05) is 10.6 Å². The van der Waals surface area contributed by atoms with Crippen LogP contribution < -0.4 is 0 Å². The predicted molar refractivity (Wildman–Crippen MR) is 129 cm³/mol. The third kappa shape index (κ3) is 5.68. The minimum absolute atomic E-state index is 0.456. The first kappa shape index (κ1) is 23.6. The summed E-state index contributed by atoms with van der Waals surface area (Å²) >= 11 is 2.12. The third-order valence-corrected chi connectivity index (χ3v) is 7.64. The van der Waals surface area contributed by atoms with E-state index in [0.717, 1.165) is 5.75 Å². The fourth-order valence-corrected chi connectivity index (χ4v) is 6.01. The molecule has 0 radical (unpaired) electrons. The molecule has 0 heterocycles. The zero-order chi connectivity index (χ0) is 21.2. The van der Waals surface area contributed by atoms with Crippen molar-refractivity contribution in [3.05, 3.63) is 40.0 Å². The monoisotopic (exact) mass is 400 g/mol. The second kappa shape index (κ2) is 9.41. The van der Waals surface area contributed by atoms with E-state index in [2.05, 4.69) is 93.1 Å². The van der Waals surface area contributed by atoms with Crippen molar-refractivity contribution >= 4 is 11.8 Å². The SMILES string of the molecule is CC(C)C1=C(CSc2c(C(C)C)cc(C(C)C)cc2C(C)C)CC(C)(C)CC1. The van der Waals surface area contributed by atoms with Gasteiger partial charge in [-0.2, -0.15) is 0 Å². The normalized spacial score (nSPS) is 17.5. The molecule has 0 saturated heterocycles. The molecule has 28 heavy (non-hydrogen) atoms. The van der Waals surface area contributed by atoms with Crippen LogP contribution in [0.1, 0.15) is 123 Å². The van der Waals surface area contributed by atoms with Crippen LogP contribution >= 0.6 is 11.8 Å². The lowest BCUT2D eigenvalue weighted by Gasteiger charge is -2.35. The summed E-state index contributed by atoms with van der Waals surface area (Å²) in [5.41, 5.74) is 8.54. The van der Waals surface area contributed by atoms with Crippen molar-refractivity contribution in [3.63, 3.8) is 0 Å². The van der Waals surface area contributed by atoms with Gasteiger partial charge in [-0.25, -0.2) is 0 Å². The smallest absolute Gasteiger partial charge is 0.0193 e. The Balaban J connectivity index is 2.44. The van der Waals surface area contributed by atoms with Crippen molar-refractivity contribution in [3.8, 4) is 0 Å². The molecule has 0 amide bonds. The number of hydrogen-bond acceptors (Lipinski definition) is 1. The summed E-state index contributed by atoms with van der Waals surface area (Å²) in [6.07, 6.45) is 3.90. The quantitative estimate of drug-likeness (QED) is 0.324. The molecular weight excluding hydrogens is 356 g/mol. The first-order chi connectivity index (χ1) is 12.9. The summed E-state index contributed by atoms with van der Waals surface area (Å²) in [6, 6.07) is 4.98. The van der Waals surface area contributed by atoms with Gasteiger partial charge in [0.15, 0.2) is 0 Å². The summed E-state index contributed by atoms with van der Waals surface area (Å²) < 4.78 is 0. The van der Waals surface area contributed by atoms with E-state index in [4.69, 9.17) is 0 Å². The molecule has 0 spiro atoms. The van der Waals surface area contributed by atoms with Crippen molar-refractivity contribution in [2.24, 2.45) is 11.3 Å². The van der Waals surface area contributed by atoms with Crippen LogP contribution in [0, 0.1) is 11.3 Å². The van der Waals surface area contributed by atoms with Crippen LogP contribution in [0.25, 0.3) is 0 Å². The Morgan fingerprint density at radius 2 is 1.36 bits per heavy atom. The number of allylic oxidation sites excluding steroid dienone is 1. The molecule has 0 saturated carbocycles. The molecular formula is C27H44S. The molecule has 1 aliphatic carbocycles. The van der Waals surface area contributed by atoms with E-state index >= 15 is 0 Å². The molecule has 1 aliphatic rings. The van der Waals surface area contributed by atoms with Crippen LogP contribution in [0.5, 0.6) is 0 Å². The molecule has 2 rings (SSSR count). The number of hydrogen-bond donors (Lipinski definition) is 0. The molecule has 1 aromatic rings. The minimum atomic E-state index is 0.456. The maximum Gasteiger partial charge on any atom is 0.0193 e. The molecule has 0 aromatic heterocycles. The molecule has 1 aromatic carbocycles. The van der Waals surface area contributed by atoms with Gasteiger partial charge in [0.25, 0.3) is 0 Å². The van der Waals surface area contributed by atoms with Crippen LogP contribution in [0.4, 0.5) is 0 Å². The Kier molecular flexibility index (Phi) is 7.93. The second-order valence-corrected chi connectivity index (χ2v) is 11.9. The Labute approximate surface area is 180 Å². The van der Waals surface area contributed by atoms with E-state index in [9.17, 15) is 0 Å². The largest absolute Gasteiger partial charge is 0.121 e. The van der Waals surface area contributed by atoms with Gasteiger partial charge in [0.2, 0.25) is 0 Å². The van der Waals surface area contributed by atoms with Gasteiger partial charge < -0.3 is 0 Å². The standard InChI is InChI=1S/C27H44S/c1-17(2)21-13-24(19(5)6)26(25(14-21)20(7)8)28-16-22-15-27(9,10)12-11-23(22)18(3)4/h13-14,17-20H,11-12,15-16H2,1-10H3. The van der Waals surface area contributed by atoms with Gasteiger partial charge in [-0.1, -0.05) is 92.5 Å². The molecule has 0 unspecified atom stereocenters. The van der Waals surface area contributed by atoms with Gasteiger partial charge in [-0.15, -0.1) is 11.8 Å². The highest BCUT2D eigenvalue weighted by Gasteiger charge is 2.28. The topological polar surface area (TPSA) is 0 Å². The van der Waals surface area contributed by atoms with E-state index in [0.29, 0.717) is 29.1 Å². The highest BCUT2D eigenvalue weighted by Crippen LogP contribution is 2.45. The van der Waals surface area contributed by atoms with Gasteiger partial charge in [0.05, 0.1) is 0 Å². The summed E-state index contributed by atoms with van der Waals surface area (Å²) in [5.74, 6) is 3.57. The molecule has 1 heteroatoms. The lowest BCUT2D eigenvalue weighted by atomic mass is 9.72. The van der Waals surface area contributed by atoms with E-state index in [1.165, 1.54) is 24.8 Å². The fraction of sp³-hybridized carbons (Fsp3) is 0.704. The number of thioether (sulfide) groups is 1. The van der Waals surface area contributed by atoms with Gasteiger partial charge in [0.1, 0.15) is 0 Å². The summed E-state index contributed by atoms with van der Waals surface area (Å²) in [6.45, 7) is 23.7. The van der Waals surface area contributed by atoms with Crippen molar-refractivity contribution in [2.45, 2.75) is 111 Å². The van der Waals surface area contributed by atoms with E-state index in [1.54, 1.807) is 27.2 Å². The zero-order valence-corrected chi connectivity index (χ0v) is 21.0. The number of rotatable bonds is 7. The predicted octanol–water partition coefficient (Wildman–Crippen LogP) is 9.31. The van der Waals surface area contributed by atoms with Gasteiger partial charge in [-0.05, 0) is 65.0 Å². The van der Waals surface area contributed by atoms with Crippen LogP contribution in [-0.2, 0) is 0 Å². The highest BCUT2D eigenvalue weighted by molar-refractivity contribution is 7.99. The van der Waals surface area contributed by atoms with Crippen LogP contribution in [0.2, 0.25) is 0 Å². The van der Waals surface area contributed by atoms with Crippen LogP contribution in [0.15, 0.2) is 28.2 Å². The van der Waals surface area contributed by atoms with E-state index < -0.39 is 0 Å². The Morgan fingerprint density at radius 3 is 1.79 bits per heavy atom. The molecule has 0 aliphatic heterocycles. The van der Waals surface area contributed by atoms with Crippen molar-refractivity contribution in [1.29, 1.82) is 0 Å². The average molecular weight is 401 g/mol. The molecule has 0 nitrogen and oxygen atoms in total. The summed E-state index contributed by atoms with van der Waals surface area (Å²) in [5, 5.41) is 0. The van der Waals surface area contributed by atoms with Crippen molar-refractivity contribution < 1.29 is 0 Å². The fourth-order valence-electron chi connectivity index (χ4n) is 4.49. The first-order valence-corrected chi connectivity index (χ1v) is 12.4. The maximum absolute atomic E-state index is 2.49. The Hall–Kier alpha value is -0.690. The minimum Gasteiger partial charge on any atom is -0.121 e. The van der Waals surface area contributed by atoms with E-state index in [1.807, 2.05) is 0 Å². The number of benzene rings is 1. The molecule has 0 bridgehead atoms. The van der Waals surface area contributed by atoms with Crippen molar-refractivity contribution in [2.75, 3.05) is 5.75 Å². The Morgan fingerprint density at radius 1 is 0.821 bits per heavy atom. The van der Waals surface area contributed by atoms with Gasteiger partial charge >= 0.3 is 0 Å². The van der Waals surface area contributed by atoms with Crippen molar-refractivity contribution in [1.82, 2.24) is 0 Å². The Bertz CT molecular complexity index is 672. The molecule has 0 fully saturated rings. The second-order valence-electron chi connectivity index (χ2n) is 10.9. The van der Waals surface area contributed by atoms with Crippen LogP contribution in [0.3, 0.4) is 0 Å². The van der Waals surface area contributed by atoms with E-state index in [-0.39, 0.29) is 0 Å². The lowest BCUT2D eigenvalue weighted by molar-refractivity contribution is 0.307. The summed E-state index contributed by atoms with van der Waals surface area (Å²) in [7, 11) is 0. The maximum atomic E-state index is 2.49. The highest BCUT2D eigenvalue weighted by atomic mass is 32.2. The average Bonchev–Trinajstić information content (AvgIpc) is 2.57. The first-order valence-electron chi connectivity index (χ1n) is 11.4. The summed E-state index contributed by atoms with van der Waals surface area (Å²) in [4.78, 5) is 1.56. The van der Waals surface area contributed by atoms with Gasteiger partial charge in [-0.3, -0.25) is 0 Å².